The molecule has 0 unspecified atom stereocenters. The molecule has 0 saturated carbocycles. The highest BCUT2D eigenvalue weighted by Crippen LogP contribution is 2.28. The first kappa shape index (κ1) is 25.7. The zero-order chi connectivity index (χ0) is 26.6. The lowest BCUT2D eigenvalue weighted by Gasteiger charge is -2.11. The summed E-state index contributed by atoms with van der Waals surface area (Å²) in [5.74, 6) is 1.07. The first-order chi connectivity index (χ1) is 17.6. The van der Waals surface area contributed by atoms with E-state index in [-0.39, 0.29) is 22.9 Å². The van der Waals surface area contributed by atoms with Crippen LogP contribution in [0, 0.1) is 6.92 Å². The van der Waals surface area contributed by atoms with Gasteiger partial charge in [0.15, 0.2) is 0 Å². The van der Waals surface area contributed by atoms with Gasteiger partial charge in [0.1, 0.15) is 5.75 Å². The fraction of sp³-hybridized carbons (Fsp3) is 0.192. The van der Waals surface area contributed by atoms with Gasteiger partial charge in [-0.05, 0) is 74.9 Å². The van der Waals surface area contributed by atoms with E-state index in [0.717, 1.165) is 0 Å². The van der Waals surface area contributed by atoms with E-state index in [1.54, 1.807) is 67.6 Å². The fourth-order valence-corrected chi connectivity index (χ4v) is 4.85. The van der Waals surface area contributed by atoms with Crippen molar-refractivity contribution in [1.29, 1.82) is 0 Å². The summed E-state index contributed by atoms with van der Waals surface area (Å²) in [5, 5.41) is 9.56. The summed E-state index contributed by atoms with van der Waals surface area (Å²) in [6.45, 7) is 5.45. The molecular formula is C26H27N5O5S. The Hall–Kier alpha value is -4.38. The predicted octanol–water partition coefficient (Wildman–Crippen LogP) is 5.05. The second-order valence-corrected chi connectivity index (χ2v) is 10.2. The van der Waals surface area contributed by atoms with Crippen molar-refractivity contribution >= 4 is 27.4 Å². The van der Waals surface area contributed by atoms with E-state index in [4.69, 9.17) is 9.26 Å². The van der Waals surface area contributed by atoms with Gasteiger partial charge < -0.3 is 19.9 Å². The van der Waals surface area contributed by atoms with Crippen LogP contribution in [-0.2, 0) is 10.0 Å². The Balaban J connectivity index is 1.57. The zero-order valence-electron chi connectivity index (χ0n) is 20.8. The van der Waals surface area contributed by atoms with Crippen molar-refractivity contribution < 1.29 is 22.5 Å². The lowest BCUT2D eigenvalue weighted by atomic mass is 10.1. The zero-order valence-corrected chi connectivity index (χ0v) is 21.6. The largest absolute Gasteiger partial charge is 0.497 e. The van der Waals surface area contributed by atoms with Crippen LogP contribution in [0.15, 0.2) is 76.1 Å². The first-order valence-electron chi connectivity index (χ1n) is 11.4. The minimum atomic E-state index is -3.89. The molecule has 1 aromatic heterocycles. The molecule has 0 radical (unpaired) electrons. The highest BCUT2D eigenvalue weighted by Gasteiger charge is 2.20. The summed E-state index contributed by atoms with van der Waals surface area (Å²) in [6.07, 6.45) is 0. The Morgan fingerprint density at radius 2 is 1.73 bits per heavy atom. The van der Waals surface area contributed by atoms with Crippen LogP contribution in [0.25, 0.3) is 22.8 Å². The van der Waals surface area contributed by atoms with Crippen molar-refractivity contribution in [2.75, 3.05) is 17.1 Å². The molecule has 0 aliphatic heterocycles. The smallest absolute Gasteiger partial charge is 0.319 e. The van der Waals surface area contributed by atoms with Gasteiger partial charge in [-0.1, -0.05) is 23.4 Å². The van der Waals surface area contributed by atoms with E-state index in [1.807, 2.05) is 13.8 Å². The number of nitrogens with one attached hydrogen (secondary N) is 3. The third-order valence-corrected chi connectivity index (χ3v) is 6.81. The van der Waals surface area contributed by atoms with E-state index in [0.29, 0.717) is 39.6 Å². The Labute approximate surface area is 215 Å². The van der Waals surface area contributed by atoms with Crippen LogP contribution in [-0.4, -0.2) is 37.7 Å². The molecule has 0 fully saturated rings. The van der Waals surface area contributed by atoms with Gasteiger partial charge in [-0.3, -0.25) is 4.72 Å². The summed E-state index contributed by atoms with van der Waals surface area (Å²) in [6, 6.07) is 18.2. The van der Waals surface area contributed by atoms with E-state index < -0.39 is 10.0 Å². The third-order valence-electron chi connectivity index (χ3n) is 5.29. The van der Waals surface area contributed by atoms with Gasteiger partial charge in [-0.2, -0.15) is 4.98 Å². The molecule has 0 aliphatic carbocycles. The molecule has 2 amide bonds. The number of hydrogen-bond acceptors (Lipinski definition) is 7. The number of sulfonamides is 1. The number of hydrogen-bond donors (Lipinski definition) is 3. The molecule has 3 aromatic carbocycles. The van der Waals surface area contributed by atoms with Gasteiger partial charge in [0.05, 0.1) is 12.0 Å². The molecule has 4 aromatic rings. The van der Waals surface area contributed by atoms with Gasteiger partial charge in [0.2, 0.25) is 5.82 Å². The minimum absolute atomic E-state index is 0.00225. The number of benzene rings is 3. The van der Waals surface area contributed by atoms with Crippen LogP contribution in [0.1, 0.15) is 19.4 Å². The fourth-order valence-electron chi connectivity index (χ4n) is 3.52. The average Bonchev–Trinajstić information content (AvgIpc) is 3.34. The predicted molar refractivity (Wildman–Crippen MR) is 141 cm³/mol. The van der Waals surface area contributed by atoms with Crippen molar-refractivity contribution in [3.63, 3.8) is 0 Å². The monoisotopic (exact) mass is 521 g/mol. The molecular weight excluding hydrogens is 494 g/mol. The number of anilines is 2. The molecule has 11 heteroatoms. The molecule has 10 nitrogen and oxygen atoms in total. The standard InChI is InChI=1S/C26H27N5O5S/c1-16(2)27-26(32)28-21-7-5-6-18(14-21)24-29-25(36-30-24)19-9-8-17(3)23(15-19)37(33,34)31-20-10-12-22(35-4)13-11-20/h5-16,31H,1-4H3,(H2,27,28,32). The molecule has 0 saturated heterocycles. The van der Waals surface area contributed by atoms with Gasteiger partial charge in [-0.15, -0.1) is 0 Å². The molecule has 0 bridgehead atoms. The Kier molecular flexibility index (Phi) is 7.44. The molecule has 37 heavy (non-hydrogen) atoms. The number of ether oxygens (including phenoxy) is 1. The van der Waals surface area contributed by atoms with Crippen molar-refractivity contribution in [3.05, 3.63) is 72.3 Å². The van der Waals surface area contributed by atoms with Gasteiger partial charge in [0, 0.05) is 28.5 Å². The van der Waals surface area contributed by atoms with Crippen molar-refractivity contribution in [3.8, 4) is 28.6 Å². The lowest BCUT2D eigenvalue weighted by molar-refractivity contribution is 0.250. The van der Waals surface area contributed by atoms with Crippen molar-refractivity contribution in [1.82, 2.24) is 15.5 Å². The van der Waals surface area contributed by atoms with Gasteiger partial charge >= 0.3 is 6.03 Å². The molecule has 0 aliphatic rings. The quantitative estimate of drug-likeness (QED) is 0.295. The molecule has 0 atom stereocenters. The number of carbonyl (C=O) groups excluding carboxylic acids is 1. The molecule has 192 valence electrons. The average molecular weight is 522 g/mol. The lowest BCUT2D eigenvalue weighted by Crippen LogP contribution is -2.34. The summed E-state index contributed by atoms with van der Waals surface area (Å²) in [4.78, 5) is 16.5. The topological polar surface area (TPSA) is 135 Å². The summed E-state index contributed by atoms with van der Waals surface area (Å²) in [7, 11) is -2.35. The highest BCUT2D eigenvalue weighted by atomic mass is 32.2. The summed E-state index contributed by atoms with van der Waals surface area (Å²) in [5.41, 5.74) is 2.60. The molecule has 0 spiro atoms. The normalized spacial score (nSPS) is 11.3. The van der Waals surface area contributed by atoms with Crippen LogP contribution in [0.2, 0.25) is 0 Å². The van der Waals surface area contributed by atoms with Crippen LogP contribution in [0.5, 0.6) is 5.75 Å². The summed E-state index contributed by atoms with van der Waals surface area (Å²) >= 11 is 0. The molecule has 4 rings (SSSR count). The number of rotatable bonds is 8. The maximum Gasteiger partial charge on any atom is 0.319 e. The number of urea groups is 1. The van der Waals surface area contributed by atoms with E-state index >= 15 is 0 Å². The van der Waals surface area contributed by atoms with E-state index in [1.165, 1.54) is 13.2 Å². The van der Waals surface area contributed by atoms with Crippen molar-refractivity contribution in [2.24, 2.45) is 0 Å². The minimum Gasteiger partial charge on any atom is -0.497 e. The van der Waals surface area contributed by atoms with Gasteiger partial charge in [0.25, 0.3) is 15.9 Å². The van der Waals surface area contributed by atoms with Crippen LogP contribution >= 0.6 is 0 Å². The number of aryl methyl sites for hydroxylation is 1. The first-order valence-corrected chi connectivity index (χ1v) is 12.9. The van der Waals surface area contributed by atoms with E-state index in [2.05, 4.69) is 25.5 Å². The van der Waals surface area contributed by atoms with Gasteiger partial charge in [-0.25, -0.2) is 13.2 Å². The van der Waals surface area contributed by atoms with E-state index in [9.17, 15) is 13.2 Å². The number of aromatic nitrogens is 2. The Morgan fingerprint density at radius 3 is 2.43 bits per heavy atom. The number of carbonyl (C=O) groups is 1. The summed E-state index contributed by atoms with van der Waals surface area (Å²) < 4.78 is 39.4. The second-order valence-electron chi connectivity index (χ2n) is 8.57. The molecule has 3 N–H and O–H groups in total. The SMILES string of the molecule is COc1ccc(NS(=O)(=O)c2cc(-c3nc(-c4cccc(NC(=O)NC(C)C)c4)no3)ccc2C)cc1. The highest BCUT2D eigenvalue weighted by molar-refractivity contribution is 7.92. The maximum absolute atomic E-state index is 13.1. The number of nitrogens with zero attached hydrogens (tertiary/aromatic N) is 2. The number of methoxy groups -OCH3 is 1. The van der Waals surface area contributed by atoms with Crippen LogP contribution in [0.4, 0.5) is 16.2 Å². The van der Waals surface area contributed by atoms with Crippen LogP contribution < -0.4 is 20.1 Å². The van der Waals surface area contributed by atoms with Crippen LogP contribution in [0.3, 0.4) is 0 Å². The third kappa shape index (κ3) is 6.25. The van der Waals surface area contributed by atoms with Crippen molar-refractivity contribution in [2.45, 2.75) is 31.7 Å². The molecule has 1 heterocycles. The number of amides is 2. The Bertz CT molecular complexity index is 1510. The Morgan fingerprint density at radius 1 is 0.973 bits per heavy atom. The maximum atomic E-state index is 13.1. The second kappa shape index (κ2) is 10.7.